The molecule has 186 valence electrons. The highest BCUT2D eigenvalue weighted by molar-refractivity contribution is 8.18. The quantitative estimate of drug-likeness (QED) is 0.319. The van der Waals surface area contributed by atoms with Crippen molar-refractivity contribution < 1.29 is 14.3 Å². The first-order valence-electron chi connectivity index (χ1n) is 11.7. The van der Waals surface area contributed by atoms with Crippen molar-refractivity contribution in [1.82, 2.24) is 5.32 Å². The summed E-state index contributed by atoms with van der Waals surface area (Å²) in [6.45, 7) is 6.48. The Hall–Kier alpha value is -3.42. The van der Waals surface area contributed by atoms with Crippen molar-refractivity contribution in [1.29, 1.82) is 0 Å². The van der Waals surface area contributed by atoms with Gasteiger partial charge in [0.1, 0.15) is 6.61 Å². The number of halogens is 1. The van der Waals surface area contributed by atoms with Crippen LogP contribution in [0, 0.1) is 0 Å². The molecule has 6 nitrogen and oxygen atoms in total. The summed E-state index contributed by atoms with van der Waals surface area (Å²) in [7, 11) is 1.59. The van der Waals surface area contributed by atoms with Gasteiger partial charge in [-0.2, -0.15) is 0 Å². The number of methoxy groups -OCH3 is 1. The number of rotatable bonds is 9. The summed E-state index contributed by atoms with van der Waals surface area (Å²) in [6, 6.07) is 21.1. The first kappa shape index (κ1) is 25.7. The van der Waals surface area contributed by atoms with Gasteiger partial charge in [0.25, 0.3) is 5.91 Å². The summed E-state index contributed by atoms with van der Waals surface area (Å²) in [4.78, 5) is 20.0. The standard InChI is InChI=1S/C28H28ClN3O3S/c1-4-32(5-2)22-13-11-21(12-14-22)30-28-31-27(33)26(36-28)17-19-10-15-24(25(16-19)34-3)35-18-20-8-6-7-9-23(20)29/h6-17H,4-5,18H2,1-3H3,(H,30,31,33). The molecule has 1 saturated heterocycles. The predicted octanol–water partition coefficient (Wildman–Crippen LogP) is 6.67. The lowest BCUT2D eigenvalue weighted by Crippen LogP contribution is -2.21. The first-order chi connectivity index (χ1) is 17.5. The third-order valence-electron chi connectivity index (χ3n) is 5.69. The molecule has 1 heterocycles. The number of nitrogens with zero attached hydrogens (tertiary/aromatic N) is 2. The van der Waals surface area contributed by atoms with E-state index in [1.165, 1.54) is 11.8 Å². The number of carbonyl (C=O) groups is 1. The molecule has 3 aromatic rings. The van der Waals surface area contributed by atoms with Crippen molar-refractivity contribution in [2.24, 2.45) is 4.99 Å². The minimum Gasteiger partial charge on any atom is -0.493 e. The highest BCUT2D eigenvalue weighted by atomic mass is 35.5. The summed E-state index contributed by atoms with van der Waals surface area (Å²) in [6.07, 6.45) is 1.81. The molecule has 0 unspecified atom stereocenters. The molecule has 1 aliphatic heterocycles. The normalized spacial score (nSPS) is 15.3. The molecule has 1 amide bonds. The van der Waals surface area contributed by atoms with E-state index in [-0.39, 0.29) is 5.91 Å². The third-order valence-corrected chi connectivity index (χ3v) is 6.96. The monoisotopic (exact) mass is 521 g/mol. The lowest BCUT2D eigenvalue weighted by atomic mass is 10.2. The average Bonchev–Trinajstić information content (AvgIpc) is 3.23. The van der Waals surface area contributed by atoms with E-state index in [0.29, 0.717) is 33.2 Å². The Labute approximate surface area is 221 Å². The number of amidine groups is 1. The number of aliphatic imine (C=N–C) groups is 1. The molecule has 0 aromatic heterocycles. The van der Waals surface area contributed by atoms with Gasteiger partial charge in [-0.15, -0.1) is 0 Å². The van der Waals surface area contributed by atoms with Crippen LogP contribution < -0.4 is 19.7 Å². The zero-order valence-corrected chi connectivity index (χ0v) is 22.0. The Kier molecular flexibility index (Phi) is 8.57. The minimum atomic E-state index is -0.184. The van der Waals surface area contributed by atoms with Gasteiger partial charge >= 0.3 is 0 Å². The summed E-state index contributed by atoms with van der Waals surface area (Å²) < 4.78 is 11.4. The van der Waals surface area contributed by atoms with E-state index in [1.807, 2.05) is 72.8 Å². The molecular formula is C28H28ClN3O3S. The van der Waals surface area contributed by atoms with Crippen LogP contribution in [0.25, 0.3) is 6.08 Å². The molecule has 36 heavy (non-hydrogen) atoms. The number of thioether (sulfide) groups is 1. The second-order valence-corrected chi connectivity index (χ2v) is 9.40. The fraction of sp³-hybridized carbons (Fsp3) is 0.214. The number of ether oxygens (including phenoxy) is 2. The number of carbonyl (C=O) groups excluding carboxylic acids is 1. The fourth-order valence-electron chi connectivity index (χ4n) is 3.74. The molecule has 0 saturated carbocycles. The van der Waals surface area contributed by atoms with Crippen LogP contribution in [0.15, 0.2) is 76.6 Å². The van der Waals surface area contributed by atoms with Crippen LogP contribution in [0.5, 0.6) is 11.5 Å². The van der Waals surface area contributed by atoms with Crippen LogP contribution in [0.3, 0.4) is 0 Å². The van der Waals surface area contributed by atoms with Crippen LogP contribution >= 0.6 is 23.4 Å². The number of benzene rings is 3. The van der Waals surface area contributed by atoms with Gasteiger partial charge in [0.15, 0.2) is 16.7 Å². The van der Waals surface area contributed by atoms with Crippen molar-refractivity contribution >= 4 is 51.9 Å². The molecule has 0 radical (unpaired) electrons. The van der Waals surface area contributed by atoms with Gasteiger partial charge in [-0.1, -0.05) is 35.9 Å². The van der Waals surface area contributed by atoms with Gasteiger partial charge in [0.2, 0.25) is 0 Å². The minimum absolute atomic E-state index is 0.184. The van der Waals surface area contributed by atoms with E-state index in [0.717, 1.165) is 35.6 Å². The van der Waals surface area contributed by atoms with Gasteiger partial charge < -0.3 is 19.7 Å². The van der Waals surface area contributed by atoms with Crippen LogP contribution in [0.1, 0.15) is 25.0 Å². The zero-order valence-electron chi connectivity index (χ0n) is 20.5. The van der Waals surface area contributed by atoms with Crippen LogP contribution in [0.2, 0.25) is 5.02 Å². The van der Waals surface area contributed by atoms with Gasteiger partial charge in [-0.25, -0.2) is 4.99 Å². The van der Waals surface area contributed by atoms with Crippen molar-refractivity contribution in [3.05, 3.63) is 87.8 Å². The molecule has 0 atom stereocenters. The third kappa shape index (κ3) is 6.22. The molecule has 4 rings (SSSR count). The molecule has 1 N–H and O–H groups in total. The molecule has 3 aromatic carbocycles. The second-order valence-electron chi connectivity index (χ2n) is 7.96. The molecule has 0 aliphatic carbocycles. The topological polar surface area (TPSA) is 63.2 Å². The average molecular weight is 522 g/mol. The van der Waals surface area contributed by atoms with Crippen LogP contribution in [-0.2, 0) is 11.4 Å². The maximum Gasteiger partial charge on any atom is 0.264 e. The molecule has 0 spiro atoms. The van der Waals surface area contributed by atoms with Gasteiger partial charge in [0.05, 0.1) is 17.7 Å². The van der Waals surface area contributed by atoms with Crippen molar-refractivity contribution in [3.63, 3.8) is 0 Å². The van der Waals surface area contributed by atoms with Gasteiger partial charge in [0, 0.05) is 29.4 Å². The highest BCUT2D eigenvalue weighted by Gasteiger charge is 2.24. The van der Waals surface area contributed by atoms with Gasteiger partial charge in [-0.3, -0.25) is 4.79 Å². The van der Waals surface area contributed by atoms with E-state index in [1.54, 1.807) is 7.11 Å². The maximum absolute atomic E-state index is 12.6. The number of nitrogens with one attached hydrogen (secondary N) is 1. The number of amides is 1. The van der Waals surface area contributed by atoms with E-state index in [9.17, 15) is 4.79 Å². The summed E-state index contributed by atoms with van der Waals surface area (Å²) in [5.74, 6) is 0.983. The summed E-state index contributed by atoms with van der Waals surface area (Å²) in [5, 5.41) is 4.04. The van der Waals surface area contributed by atoms with Crippen molar-refractivity contribution in [2.45, 2.75) is 20.5 Å². The Morgan fingerprint density at radius 3 is 2.47 bits per heavy atom. The SMILES string of the molecule is CCN(CC)c1ccc(N=C2NC(=O)C(=Cc3ccc(OCc4ccccc4Cl)c(OC)c3)S2)cc1. The van der Waals surface area contributed by atoms with Gasteiger partial charge in [-0.05, 0) is 79.7 Å². The molecule has 1 fully saturated rings. The van der Waals surface area contributed by atoms with E-state index >= 15 is 0 Å². The van der Waals surface area contributed by atoms with Crippen molar-refractivity contribution in [3.8, 4) is 11.5 Å². The number of anilines is 1. The Balaban J connectivity index is 1.46. The smallest absolute Gasteiger partial charge is 0.264 e. The lowest BCUT2D eigenvalue weighted by molar-refractivity contribution is -0.115. The number of hydrogen-bond donors (Lipinski definition) is 1. The molecule has 1 aliphatic rings. The Morgan fingerprint density at radius 1 is 1.03 bits per heavy atom. The first-order valence-corrected chi connectivity index (χ1v) is 12.9. The predicted molar refractivity (Wildman–Crippen MR) is 150 cm³/mol. The van der Waals surface area contributed by atoms with Crippen LogP contribution in [0.4, 0.5) is 11.4 Å². The molecular weight excluding hydrogens is 494 g/mol. The number of hydrogen-bond acceptors (Lipinski definition) is 6. The van der Waals surface area contributed by atoms with E-state index in [4.69, 9.17) is 21.1 Å². The van der Waals surface area contributed by atoms with E-state index < -0.39 is 0 Å². The van der Waals surface area contributed by atoms with E-state index in [2.05, 4.69) is 29.1 Å². The second kappa shape index (κ2) is 12.0. The molecule has 0 bridgehead atoms. The Bertz CT molecular complexity index is 1290. The summed E-state index contributed by atoms with van der Waals surface area (Å²) in [5.41, 5.74) is 3.65. The lowest BCUT2D eigenvalue weighted by Gasteiger charge is -2.20. The Morgan fingerprint density at radius 2 is 1.78 bits per heavy atom. The van der Waals surface area contributed by atoms with Crippen LogP contribution in [-0.4, -0.2) is 31.3 Å². The largest absolute Gasteiger partial charge is 0.493 e. The highest BCUT2D eigenvalue weighted by Crippen LogP contribution is 2.33. The molecule has 8 heteroatoms. The fourth-order valence-corrected chi connectivity index (χ4v) is 4.77. The summed E-state index contributed by atoms with van der Waals surface area (Å²) >= 11 is 7.53. The maximum atomic E-state index is 12.6. The zero-order chi connectivity index (χ0) is 25.5. The van der Waals surface area contributed by atoms with Crippen molar-refractivity contribution in [2.75, 3.05) is 25.1 Å².